The van der Waals surface area contributed by atoms with Gasteiger partial charge in [0.25, 0.3) is 0 Å². The predicted molar refractivity (Wildman–Crippen MR) is 91.0 cm³/mol. The number of benzene rings is 1. The Labute approximate surface area is 149 Å². The van der Waals surface area contributed by atoms with Crippen LogP contribution in [0.2, 0.25) is 0 Å². The second kappa shape index (κ2) is 8.77. The smallest absolute Gasteiger partial charge is 0.410 e. The van der Waals surface area contributed by atoms with Gasteiger partial charge in [-0.15, -0.1) is 0 Å². The van der Waals surface area contributed by atoms with Crippen molar-refractivity contribution in [2.75, 3.05) is 20.4 Å². The van der Waals surface area contributed by atoms with Crippen LogP contribution in [-0.4, -0.2) is 37.6 Å². The lowest BCUT2D eigenvalue weighted by Crippen LogP contribution is -2.29. The highest BCUT2D eigenvalue weighted by Crippen LogP contribution is 2.32. The highest BCUT2D eigenvalue weighted by Gasteiger charge is 2.23. The lowest BCUT2D eigenvalue weighted by Gasteiger charge is -2.16. The molecule has 0 spiro atoms. The number of methoxy groups -OCH3 is 1. The molecule has 1 amide bonds. The molecule has 0 fully saturated rings. The van der Waals surface area contributed by atoms with Crippen molar-refractivity contribution < 1.29 is 28.9 Å². The quantitative estimate of drug-likeness (QED) is 0.559. The third kappa shape index (κ3) is 6.27. The van der Waals surface area contributed by atoms with Crippen LogP contribution in [0, 0.1) is 5.41 Å². The standard InChI is InChI=1S/C16H22BrNO6/c1-16(2,3)14(20)23-9-24-15(21)18-6-5-10-7-12(19)11(17)8-13(10)22-4/h7-8,19H,5-6,9H2,1-4H3,(H,18,21). The number of carbonyl (C=O) groups is 2. The monoisotopic (exact) mass is 403 g/mol. The Morgan fingerprint density at radius 3 is 2.50 bits per heavy atom. The van der Waals surface area contributed by atoms with Gasteiger partial charge in [0, 0.05) is 6.54 Å². The van der Waals surface area contributed by atoms with Crippen LogP contribution in [0.25, 0.3) is 0 Å². The van der Waals surface area contributed by atoms with Crippen LogP contribution in [0.3, 0.4) is 0 Å². The Morgan fingerprint density at radius 1 is 1.25 bits per heavy atom. The molecule has 0 aliphatic carbocycles. The maximum atomic E-state index is 11.5. The molecule has 0 aromatic heterocycles. The van der Waals surface area contributed by atoms with Crippen LogP contribution in [-0.2, 0) is 20.7 Å². The molecule has 1 aromatic rings. The molecule has 7 nitrogen and oxygen atoms in total. The van der Waals surface area contributed by atoms with Crippen molar-refractivity contribution in [3.63, 3.8) is 0 Å². The first-order valence-corrected chi connectivity index (χ1v) is 8.07. The summed E-state index contributed by atoms with van der Waals surface area (Å²) in [7, 11) is 1.52. The minimum absolute atomic E-state index is 0.0856. The molecule has 1 aromatic carbocycles. The van der Waals surface area contributed by atoms with E-state index in [1.807, 2.05) is 0 Å². The molecule has 134 valence electrons. The summed E-state index contributed by atoms with van der Waals surface area (Å²) >= 11 is 3.21. The van der Waals surface area contributed by atoms with E-state index < -0.39 is 24.3 Å². The Hall–Kier alpha value is -1.96. The maximum absolute atomic E-state index is 11.5. The van der Waals surface area contributed by atoms with Crippen LogP contribution in [0.4, 0.5) is 4.79 Å². The molecule has 0 heterocycles. The summed E-state index contributed by atoms with van der Waals surface area (Å²) in [5.74, 6) is 0.224. The topological polar surface area (TPSA) is 94.1 Å². The van der Waals surface area contributed by atoms with Crippen molar-refractivity contribution in [2.24, 2.45) is 5.41 Å². The van der Waals surface area contributed by atoms with E-state index in [0.29, 0.717) is 16.6 Å². The number of ether oxygens (including phenoxy) is 3. The van der Waals surface area contributed by atoms with Crippen LogP contribution < -0.4 is 10.1 Å². The van der Waals surface area contributed by atoms with Gasteiger partial charge in [0.1, 0.15) is 11.5 Å². The highest BCUT2D eigenvalue weighted by molar-refractivity contribution is 9.10. The zero-order valence-corrected chi connectivity index (χ0v) is 15.7. The highest BCUT2D eigenvalue weighted by atomic mass is 79.9. The fourth-order valence-corrected chi connectivity index (χ4v) is 2.00. The zero-order valence-electron chi connectivity index (χ0n) is 14.1. The number of aromatic hydroxyl groups is 1. The molecule has 1 rings (SSSR count). The van der Waals surface area contributed by atoms with Crippen molar-refractivity contribution >= 4 is 28.0 Å². The normalized spacial score (nSPS) is 10.9. The van der Waals surface area contributed by atoms with E-state index in [1.54, 1.807) is 32.9 Å². The van der Waals surface area contributed by atoms with E-state index in [2.05, 4.69) is 21.2 Å². The summed E-state index contributed by atoms with van der Waals surface area (Å²) in [6, 6.07) is 3.20. The molecule has 0 saturated carbocycles. The number of carbonyl (C=O) groups excluding carboxylic acids is 2. The summed E-state index contributed by atoms with van der Waals surface area (Å²) in [4.78, 5) is 23.0. The Morgan fingerprint density at radius 2 is 1.92 bits per heavy atom. The number of hydrogen-bond donors (Lipinski definition) is 2. The van der Waals surface area contributed by atoms with Crippen molar-refractivity contribution in [1.82, 2.24) is 5.32 Å². The molecule has 0 aliphatic rings. The number of halogens is 1. The first kappa shape index (κ1) is 20.1. The molecule has 24 heavy (non-hydrogen) atoms. The van der Waals surface area contributed by atoms with Gasteiger partial charge in [-0.3, -0.25) is 4.79 Å². The van der Waals surface area contributed by atoms with Crippen LogP contribution in [0.1, 0.15) is 26.3 Å². The van der Waals surface area contributed by atoms with E-state index in [4.69, 9.17) is 14.2 Å². The number of amides is 1. The summed E-state index contributed by atoms with van der Waals surface area (Å²) in [5, 5.41) is 12.2. The van der Waals surface area contributed by atoms with Crippen LogP contribution >= 0.6 is 15.9 Å². The summed E-state index contributed by atoms with van der Waals surface area (Å²) in [5.41, 5.74) is 0.0811. The molecular formula is C16H22BrNO6. The molecule has 0 bridgehead atoms. The van der Waals surface area contributed by atoms with Crippen LogP contribution in [0.15, 0.2) is 16.6 Å². The first-order chi connectivity index (χ1) is 11.1. The summed E-state index contributed by atoms with van der Waals surface area (Å²) in [6.07, 6.45) is -0.266. The van der Waals surface area contributed by atoms with E-state index in [-0.39, 0.29) is 12.3 Å². The van der Waals surface area contributed by atoms with Crippen molar-refractivity contribution in [3.8, 4) is 11.5 Å². The minimum Gasteiger partial charge on any atom is -0.507 e. The fourth-order valence-electron chi connectivity index (χ4n) is 1.68. The minimum atomic E-state index is -0.697. The number of rotatable bonds is 6. The van der Waals surface area contributed by atoms with Gasteiger partial charge in [-0.05, 0) is 60.8 Å². The Bertz CT molecular complexity index is 597. The molecule has 0 saturated heterocycles. The van der Waals surface area contributed by atoms with Gasteiger partial charge in [-0.1, -0.05) is 0 Å². The number of esters is 1. The zero-order chi connectivity index (χ0) is 18.3. The van der Waals surface area contributed by atoms with Gasteiger partial charge >= 0.3 is 12.1 Å². The van der Waals surface area contributed by atoms with Crippen molar-refractivity contribution in [1.29, 1.82) is 0 Å². The largest absolute Gasteiger partial charge is 0.507 e. The molecule has 0 radical (unpaired) electrons. The predicted octanol–water partition coefficient (Wildman–Crippen LogP) is 2.98. The number of nitrogens with one attached hydrogen (secondary N) is 1. The van der Waals surface area contributed by atoms with E-state index in [1.165, 1.54) is 7.11 Å². The van der Waals surface area contributed by atoms with E-state index >= 15 is 0 Å². The third-order valence-corrected chi connectivity index (χ3v) is 3.64. The summed E-state index contributed by atoms with van der Waals surface area (Å²) in [6.45, 7) is 4.94. The third-order valence-electron chi connectivity index (χ3n) is 3.01. The lowest BCUT2D eigenvalue weighted by atomic mass is 9.98. The second-order valence-electron chi connectivity index (χ2n) is 6.02. The molecular weight excluding hydrogens is 382 g/mol. The van der Waals surface area contributed by atoms with Gasteiger partial charge in [0.15, 0.2) is 0 Å². The number of alkyl carbamates (subject to hydrolysis) is 1. The summed E-state index contributed by atoms with van der Waals surface area (Å²) < 4.78 is 15.3. The molecule has 0 atom stereocenters. The van der Waals surface area contributed by atoms with Crippen LogP contribution in [0.5, 0.6) is 11.5 Å². The lowest BCUT2D eigenvalue weighted by molar-refractivity contribution is -0.161. The Balaban J connectivity index is 2.39. The molecule has 2 N–H and O–H groups in total. The average Bonchev–Trinajstić information content (AvgIpc) is 2.49. The first-order valence-electron chi connectivity index (χ1n) is 7.28. The Kier molecular flexibility index (Phi) is 7.34. The van der Waals surface area contributed by atoms with Crippen molar-refractivity contribution in [3.05, 3.63) is 22.2 Å². The SMILES string of the molecule is COc1cc(Br)c(O)cc1CCNC(=O)OCOC(=O)C(C)(C)C. The van der Waals surface area contributed by atoms with Gasteiger partial charge in [-0.2, -0.15) is 0 Å². The number of phenolic OH excluding ortho intramolecular Hbond substituents is 1. The van der Waals surface area contributed by atoms with Gasteiger partial charge in [-0.25, -0.2) is 4.79 Å². The van der Waals surface area contributed by atoms with Gasteiger partial charge in [0.05, 0.1) is 17.0 Å². The average molecular weight is 404 g/mol. The fraction of sp³-hybridized carbons (Fsp3) is 0.500. The van der Waals surface area contributed by atoms with Gasteiger partial charge < -0.3 is 24.6 Å². The van der Waals surface area contributed by atoms with E-state index in [0.717, 1.165) is 5.56 Å². The van der Waals surface area contributed by atoms with Crippen molar-refractivity contribution in [2.45, 2.75) is 27.2 Å². The number of phenols is 1. The van der Waals surface area contributed by atoms with Gasteiger partial charge in [0.2, 0.25) is 6.79 Å². The number of hydrogen-bond acceptors (Lipinski definition) is 6. The molecule has 8 heteroatoms. The maximum Gasteiger partial charge on any atom is 0.410 e. The molecule has 0 aliphatic heterocycles. The molecule has 0 unspecified atom stereocenters. The second-order valence-corrected chi connectivity index (χ2v) is 6.88. The van der Waals surface area contributed by atoms with E-state index in [9.17, 15) is 14.7 Å².